The summed E-state index contributed by atoms with van der Waals surface area (Å²) in [5, 5.41) is 0. The molecule has 6 heteroatoms. The highest BCUT2D eigenvalue weighted by Gasteiger charge is 2.52. The Labute approximate surface area is 126 Å². The van der Waals surface area contributed by atoms with E-state index in [1.165, 1.54) is 0 Å². The van der Waals surface area contributed by atoms with E-state index in [4.69, 9.17) is 20.8 Å². The number of nitrogen functional groups attached to an aromatic ring is 1. The molecule has 0 amide bonds. The number of hydrogen-bond donors (Lipinski definition) is 2. The number of anilines is 1. The molecule has 0 atom stereocenters. The van der Waals surface area contributed by atoms with Gasteiger partial charge in [0.1, 0.15) is 5.82 Å². The van der Waals surface area contributed by atoms with Gasteiger partial charge in [-0.1, -0.05) is 0 Å². The molecule has 1 aromatic heterocycles. The third-order valence-electron chi connectivity index (χ3n) is 4.13. The molecule has 2 heterocycles. The van der Waals surface area contributed by atoms with Crippen LogP contribution in [0.5, 0.6) is 0 Å². The van der Waals surface area contributed by atoms with Gasteiger partial charge in [0.15, 0.2) is 0 Å². The lowest BCUT2D eigenvalue weighted by Crippen LogP contribution is -2.41. The van der Waals surface area contributed by atoms with Crippen LogP contribution in [-0.4, -0.2) is 29.8 Å². The maximum atomic E-state index is 6.02. The highest BCUT2D eigenvalue weighted by Crippen LogP contribution is 2.38. The van der Waals surface area contributed by atoms with E-state index < -0.39 is 7.12 Å². The molecule has 0 radical (unpaired) electrons. The SMILES string of the molecule is Cc1cc(N)nc(C=C(CN)B2OC(C)(C)C(C)(C)O2)c1. The van der Waals surface area contributed by atoms with Crippen LogP contribution in [0, 0.1) is 6.92 Å². The largest absolute Gasteiger partial charge is 0.491 e. The minimum Gasteiger partial charge on any atom is -0.400 e. The van der Waals surface area contributed by atoms with Crippen molar-refractivity contribution in [3.8, 4) is 0 Å². The highest BCUT2D eigenvalue weighted by molar-refractivity contribution is 6.55. The second kappa shape index (κ2) is 5.44. The van der Waals surface area contributed by atoms with Gasteiger partial charge in [-0.25, -0.2) is 4.98 Å². The van der Waals surface area contributed by atoms with Gasteiger partial charge in [0.2, 0.25) is 0 Å². The zero-order valence-electron chi connectivity index (χ0n) is 13.4. The normalized spacial score (nSPS) is 20.9. The Kier molecular flexibility index (Phi) is 4.15. The van der Waals surface area contributed by atoms with Gasteiger partial charge in [0.05, 0.1) is 16.9 Å². The summed E-state index contributed by atoms with van der Waals surface area (Å²) in [6.07, 6.45) is 1.89. The molecular formula is C15H24BN3O2. The van der Waals surface area contributed by atoms with Crippen LogP contribution in [0.2, 0.25) is 0 Å². The van der Waals surface area contributed by atoms with Crippen molar-refractivity contribution in [2.75, 3.05) is 12.3 Å². The van der Waals surface area contributed by atoms with Crippen LogP contribution >= 0.6 is 0 Å². The second-order valence-electron chi connectivity index (χ2n) is 6.51. The summed E-state index contributed by atoms with van der Waals surface area (Å²) in [5.41, 5.74) is 13.6. The second-order valence-corrected chi connectivity index (χ2v) is 6.51. The molecule has 0 saturated carbocycles. The number of hydrogen-bond acceptors (Lipinski definition) is 5. The lowest BCUT2D eigenvalue weighted by Gasteiger charge is -2.32. The van der Waals surface area contributed by atoms with E-state index in [0.29, 0.717) is 12.4 Å². The topological polar surface area (TPSA) is 83.4 Å². The van der Waals surface area contributed by atoms with Gasteiger partial charge in [0.25, 0.3) is 0 Å². The highest BCUT2D eigenvalue weighted by atomic mass is 16.7. The van der Waals surface area contributed by atoms with E-state index in [1.54, 1.807) is 0 Å². The molecule has 2 rings (SSSR count). The van der Waals surface area contributed by atoms with Crippen molar-refractivity contribution in [1.82, 2.24) is 4.98 Å². The molecule has 0 aliphatic carbocycles. The molecule has 0 unspecified atom stereocenters. The predicted octanol–water partition coefficient (Wildman–Crippen LogP) is 1.95. The number of nitrogens with zero attached hydrogens (tertiary/aromatic N) is 1. The van der Waals surface area contributed by atoms with Crippen LogP contribution in [0.4, 0.5) is 5.82 Å². The van der Waals surface area contributed by atoms with Gasteiger partial charge in [-0.15, -0.1) is 0 Å². The van der Waals surface area contributed by atoms with Crippen LogP contribution in [0.3, 0.4) is 0 Å². The zero-order chi connectivity index (χ0) is 15.8. The van der Waals surface area contributed by atoms with Crippen molar-refractivity contribution < 1.29 is 9.31 Å². The Morgan fingerprint density at radius 1 is 1.24 bits per heavy atom. The molecule has 1 saturated heterocycles. The van der Waals surface area contributed by atoms with Gasteiger partial charge in [-0.3, -0.25) is 0 Å². The van der Waals surface area contributed by atoms with Gasteiger partial charge in [0, 0.05) is 6.54 Å². The molecule has 0 spiro atoms. The standard InChI is InChI=1S/C15H24BN3O2/c1-10-6-12(19-13(18)7-10)8-11(9-17)16-20-14(2,3)15(4,5)21-16/h6-8H,9,17H2,1-5H3,(H2,18,19). The molecule has 114 valence electrons. The first kappa shape index (κ1) is 16.0. The van der Waals surface area contributed by atoms with Crippen molar-refractivity contribution in [3.05, 3.63) is 28.9 Å². The molecule has 1 fully saturated rings. The average molecular weight is 289 g/mol. The van der Waals surface area contributed by atoms with Gasteiger partial charge >= 0.3 is 7.12 Å². The van der Waals surface area contributed by atoms with Gasteiger partial charge in [-0.2, -0.15) is 0 Å². The maximum absolute atomic E-state index is 6.02. The van der Waals surface area contributed by atoms with E-state index in [1.807, 2.05) is 52.8 Å². The molecule has 5 nitrogen and oxygen atoms in total. The number of aromatic nitrogens is 1. The third kappa shape index (κ3) is 3.28. The maximum Gasteiger partial charge on any atom is 0.491 e. The number of rotatable bonds is 3. The summed E-state index contributed by atoms with van der Waals surface area (Å²) in [5.74, 6) is 0.492. The zero-order valence-corrected chi connectivity index (χ0v) is 13.4. The fraction of sp³-hybridized carbons (Fsp3) is 0.533. The van der Waals surface area contributed by atoms with Gasteiger partial charge < -0.3 is 20.8 Å². The molecule has 1 aromatic rings. The van der Waals surface area contributed by atoms with Gasteiger partial charge in [-0.05, 0) is 63.9 Å². The van der Waals surface area contributed by atoms with Crippen molar-refractivity contribution >= 4 is 19.0 Å². The predicted molar refractivity (Wildman–Crippen MR) is 86.5 cm³/mol. The lowest BCUT2D eigenvalue weighted by molar-refractivity contribution is 0.00578. The van der Waals surface area contributed by atoms with Crippen LogP contribution in [0.15, 0.2) is 17.6 Å². The quantitative estimate of drug-likeness (QED) is 0.831. The summed E-state index contributed by atoms with van der Waals surface area (Å²) in [4.78, 5) is 4.30. The number of nitrogens with two attached hydrogens (primary N) is 2. The molecule has 0 bridgehead atoms. The molecule has 1 aliphatic heterocycles. The summed E-state index contributed by atoms with van der Waals surface area (Å²) in [7, 11) is -0.455. The van der Waals surface area contributed by atoms with Crippen molar-refractivity contribution in [2.45, 2.75) is 45.8 Å². The number of pyridine rings is 1. The van der Waals surface area contributed by atoms with Crippen molar-refractivity contribution in [1.29, 1.82) is 0 Å². The molecule has 1 aliphatic rings. The van der Waals surface area contributed by atoms with Crippen LogP contribution < -0.4 is 11.5 Å². The Bertz CT molecular complexity index is 534. The fourth-order valence-electron chi connectivity index (χ4n) is 2.20. The summed E-state index contributed by atoms with van der Waals surface area (Å²) in [6.45, 7) is 10.4. The van der Waals surface area contributed by atoms with Crippen LogP contribution in [-0.2, 0) is 9.31 Å². The smallest absolute Gasteiger partial charge is 0.400 e. The first-order chi connectivity index (χ1) is 9.64. The van der Waals surface area contributed by atoms with E-state index in [0.717, 1.165) is 16.7 Å². The minimum absolute atomic E-state index is 0.340. The van der Waals surface area contributed by atoms with Crippen molar-refractivity contribution in [2.24, 2.45) is 5.73 Å². The van der Waals surface area contributed by atoms with E-state index >= 15 is 0 Å². The Morgan fingerprint density at radius 3 is 2.29 bits per heavy atom. The van der Waals surface area contributed by atoms with Crippen molar-refractivity contribution in [3.63, 3.8) is 0 Å². The monoisotopic (exact) mass is 289 g/mol. The molecular weight excluding hydrogens is 265 g/mol. The molecule has 21 heavy (non-hydrogen) atoms. The molecule has 4 N–H and O–H groups in total. The fourth-order valence-corrected chi connectivity index (χ4v) is 2.20. The third-order valence-corrected chi connectivity index (χ3v) is 4.13. The van der Waals surface area contributed by atoms with Crippen LogP contribution in [0.25, 0.3) is 6.08 Å². The summed E-state index contributed by atoms with van der Waals surface area (Å²) in [6, 6.07) is 3.78. The minimum atomic E-state index is -0.455. The molecule has 0 aromatic carbocycles. The van der Waals surface area contributed by atoms with E-state index in [-0.39, 0.29) is 11.2 Å². The van der Waals surface area contributed by atoms with Crippen LogP contribution in [0.1, 0.15) is 39.0 Å². The Morgan fingerprint density at radius 2 is 1.81 bits per heavy atom. The summed E-state index contributed by atoms with van der Waals surface area (Å²) >= 11 is 0. The van der Waals surface area contributed by atoms with E-state index in [2.05, 4.69) is 4.98 Å². The average Bonchev–Trinajstić information content (AvgIpc) is 2.54. The number of aryl methyl sites for hydroxylation is 1. The first-order valence-corrected chi connectivity index (χ1v) is 7.15. The summed E-state index contributed by atoms with van der Waals surface area (Å²) < 4.78 is 12.0. The lowest BCUT2D eigenvalue weighted by atomic mass is 9.77. The first-order valence-electron chi connectivity index (χ1n) is 7.15. The Balaban J connectivity index is 2.30. The van der Waals surface area contributed by atoms with E-state index in [9.17, 15) is 0 Å². The Hall–Kier alpha value is -1.37.